The van der Waals surface area contributed by atoms with Crippen LogP contribution in [-0.2, 0) is 27.2 Å². The average molecular weight is 414 g/mol. The van der Waals surface area contributed by atoms with Gasteiger partial charge in [-0.3, -0.25) is 9.59 Å². The third-order valence-corrected chi connectivity index (χ3v) is 4.82. The van der Waals surface area contributed by atoms with E-state index in [1.165, 1.54) is 6.33 Å². The van der Waals surface area contributed by atoms with Gasteiger partial charge in [-0.15, -0.1) is 0 Å². The Morgan fingerprint density at radius 1 is 1.10 bits per heavy atom. The van der Waals surface area contributed by atoms with E-state index in [0.717, 1.165) is 5.56 Å². The molecule has 0 aliphatic carbocycles. The van der Waals surface area contributed by atoms with Crippen LogP contribution in [0.3, 0.4) is 0 Å². The predicted octanol–water partition coefficient (Wildman–Crippen LogP) is -0.425. The Bertz CT molecular complexity index is 836. The first kappa shape index (κ1) is 21.3. The van der Waals surface area contributed by atoms with Crippen molar-refractivity contribution in [3.05, 3.63) is 54.1 Å². The number of benzene rings is 1. The van der Waals surface area contributed by atoms with Crippen LogP contribution in [0.1, 0.15) is 11.3 Å². The van der Waals surface area contributed by atoms with Crippen molar-refractivity contribution >= 4 is 17.8 Å². The van der Waals surface area contributed by atoms with Crippen LogP contribution >= 0.6 is 0 Å². The summed E-state index contributed by atoms with van der Waals surface area (Å²) in [6, 6.07) is 7.17. The molecule has 10 nitrogen and oxygen atoms in total. The van der Waals surface area contributed by atoms with Crippen molar-refractivity contribution < 1.29 is 19.1 Å². The van der Waals surface area contributed by atoms with E-state index in [4.69, 9.17) is 10.5 Å². The van der Waals surface area contributed by atoms with Gasteiger partial charge in [-0.2, -0.15) is 0 Å². The van der Waals surface area contributed by atoms with Crippen LogP contribution < -0.4 is 16.4 Å². The second-order valence-electron chi connectivity index (χ2n) is 7.02. The Labute approximate surface area is 174 Å². The molecule has 0 saturated carbocycles. The number of urea groups is 1. The van der Waals surface area contributed by atoms with Crippen molar-refractivity contribution in [2.45, 2.75) is 24.9 Å². The summed E-state index contributed by atoms with van der Waals surface area (Å²) < 4.78 is 5.27. The predicted molar refractivity (Wildman–Crippen MR) is 108 cm³/mol. The van der Waals surface area contributed by atoms with Gasteiger partial charge in [0.2, 0.25) is 11.8 Å². The third kappa shape index (κ3) is 6.05. The fourth-order valence-corrected chi connectivity index (χ4v) is 3.17. The number of nitrogens with two attached hydrogens (primary N) is 1. The molecule has 1 aliphatic heterocycles. The van der Waals surface area contributed by atoms with Crippen molar-refractivity contribution in [3.8, 4) is 0 Å². The summed E-state index contributed by atoms with van der Waals surface area (Å²) in [5.41, 5.74) is 6.94. The zero-order valence-electron chi connectivity index (χ0n) is 16.5. The van der Waals surface area contributed by atoms with Gasteiger partial charge in [0.15, 0.2) is 0 Å². The largest absolute Gasteiger partial charge is 0.378 e. The van der Waals surface area contributed by atoms with Crippen LogP contribution in [0.15, 0.2) is 42.9 Å². The number of ether oxygens (including phenoxy) is 1. The van der Waals surface area contributed by atoms with Crippen molar-refractivity contribution in [1.82, 2.24) is 25.5 Å². The Kier molecular flexibility index (Phi) is 7.39. The Morgan fingerprint density at radius 2 is 1.83 bits per heavy atom. The minimum absolute atomic E-state index is 0.153. The lowest BCUT2D eigenvalue weighted by Gasteiger charge is -2.29. The first-order valence-electron chi connectivity index (χ1n) is 9.77. The van der Waals surface area contributed by atoms with Gasteiger partial charge in [0.25, 0.3) is 0 Å². The van der Waals surface area contributed by atoms with E-state index in [-0.39, 0.29) is 18.9 Å². The number of carbonyl (C=O) groups excluding carboxylic acids is 3. The normalized spacial score (nSPS) is 15.8. The summed E-state index contributed by atoms with van der Waals surface area (Å²) >= 11 is 0. The Morgan fingerprint density at radius 3 is 2.47 bits per heavy atom. The minimum atomic E-state index is -0.945. The average Bonchev–Trinajstić information content (AvgIpc) is 3.27. The van der Waals surface area contributed by atoms with Gasteiger partial charge in [-0.1, -0.05) is 30.3 Å². The van der Waals surface area contributed by atoms with Gasteiger partial charge in [0, 0.05) is 32.1 Å². The molecule has 2 aromatic rings. The lowest BCUT2D eigenvalue weighted by atomic mass is 10.0. The van der Waals surface area contributed by atoms with E-state index in [1.54, 1.807) is 11.1 Å². The number of imidazole rings is 1. The third-order valence-electron chi connectivity index (χ3n) is 4.82. The topological polar surface area (TPSA) is 142 Å². The highest BCUT2D eigenvalue weighted by atomic mass is 16.5. The molecule has 3 rings (SSSR count). The highest BCUT2D eigenvalue weighted by molar-refractivity contribution is 5.91. The second-order valence-corrected chi connectivity index (χ2v) is 7.02. The van der Waals surface area contributed by atoms with E-state index >= 15 is 0 Å². The van der Waals surface area contributed by atoms with E-state index in [9.17, 15) is 14.4 Å². The maximum absolute atomic E-state index is 13.0. The number of aromatic nitrogens is 2. The summed E-state index contributed by atoms with van der Waals surface area (Å²) in [7, 11) is 0. The van der Waals surface area contributed by atoms with Gasteiger partial charge in [0.05, 0.1) is 25.2 Å². The summed E-state index contributed by atoms with van der Waals surface area (Å²) in [5.74, 6) is -1.16. The first-order valence-corrected chi connectivity index (χ1v) is 9.77. The molecule has 30 heavy (non-hydrogen) atoms. The lowest BCUT2D eigenvalue weighted by molar-refractivity contribution is -0.128. The SMILES string of the molecule is NC(=O)[C@H](Cc1c[nH]cn1)NC(=O)[C@@H](Cc1ccccc1)NC(=O)N1CCOCC1. The van der Waals surface area contributed by atoms with Crippen LogP contribution in [0.25, 0.3) is 0 Å². The zero-order valence-corrected chi connectivity index (χ0v) is 16.5. The van der Waals surface area contributed by atoms with Crippen molar-refractivity contribution in [1.29, 1.82) is 0 Å². The number of hydrogen-bond acceptors (Lipinski definition) is 5. The number of aromatic amines is 1. The number of nitrogens with zero attached hydrogens (tertiary/aromatic N) is 2. The van der Waals surface area contributed by atoms with Gasteiger partial charge < -0.3 is 31.0 Å². The van der Waals surface area contributed by atoms with Gasteiger partial charge in [0.1, 0.15) is 12.1 Å². The fraction of sp³-hybridized carbons (Fsp3) is 0.400. The fourth-order valence-electron chi connectivity index (χ4n) is 3.17. The molecule has 0 radical (unpaired) electrons. The second kappa shape index (κ2) is 10.4. The molecule has 0 unspecified atom stereocenters. The number of morpholine rings is 1. The number of rotatable bonds is 8. The van der Waals surface area contributed by atoms with Crippen molar-refractivity contribution in [3.63, 3.8) is 0 Å². The molecule has 1 aromatic heterocycles. The van der Waals surface area contributed by atoms with Crippen LogP contribution in [-0.4, -0.2) is 71.1 Å². The van der Waals surface area contributed by atoms with Crippen molar-refractivity contribution in [2.75, 3.05) is 26.3 Å². The first-order chi connectivity index (χ1) is 14.5. The van der Waals surface area contributed by atoms with E-state index in [0.29, 0.717) is 32.0 Å². The zero-order chi connectivity index (χ0) is 21.3. The molecule has 0 bridgehead atoms. The van der Waals surface area contributed by atoms with E-state index in [2.05, 4.69) is 20.6 Å². The van der Waals surface area contributed by atoms with Crippen molar-refractivity contribution in [2.24, 2.45) is 5.73 Å². The molecule has 1 aromatic carbocycles. The number of H-pyrrole nitrogens is 1. The molecule has 2 heterocycles. The Hall–Kier alpha value is -3.40. The molecule has 0 spiro atoms. The molecule has 1 aliphatic rings. The Balaban J connectivity index is 1.70. The van der Waals surface area contributed by atoms with Crippen LogP contribution in [0.4, 0.5) is 4.79 Å². The molecular weight excluding hydrogens is 388 g/mol. The molecular formula is C20H26N6O4. The number of hydrogen-bond donors (Lipinski definition) is 4. The van der Waals surface area contributed by atoms with Crippen LogP contribution in [0.2, 0.25) is 0 Å². The highest BCUT2D eigenvalue weighted by Gasteiger charge is 2.28. The number of primary amides is 1. The monoisotopic (exact) mass is 414 g/mol. The maximum Gasteiger partial charge on any atom is 0.318 e. The molecule has 160 valence electrons. The maximum atomic E-state index is 13.0. The molecule has 1 saturated heterocycles. The summed E-state index contributed by atoms with van der Waals surface area (Å²) in [6.07, 6.45) is 3.54. The van der Waals surface area contributed by atoms with Gasteiger partial charge in [-0.05, 0) is 5.56 Å². The quantitative estimate of drug-likeness (QED) is 0.464. The smallest absolute Gasteiger partial charge is 0.318 e. The van der Waals surface area contributed by atoms with Crippen LogP contribution in [0.5, 0.6) is 0 Å². The standard InChI is InChI=1S/C20H26N6O4/c21-18(27)16(11-15-12-22-13-23-15)24-19(28)17(10-14-4-2-1-3-5-14)25-20(29)26-6-8-30-9-7-26/h1-5,12-13,16-17H,6-11H2,(H2,21,27)(H,22,23)(H,24,28)(H,25,29)/t16-,17+/m0/s1. The van der Waals surface area contributed by atoms with E-state index in [1.807, 2.05) is 30.3 Å². The number of nitrogens with one attached hydrogen (secondary N) is 3. The van der Waals surface area contributed by atoms with Crippen LogP contribution in [0, 0.1) is 0 Å². The summed E-state index contributed by atoms with van der Waals surface area (Å²) in [5, 5.41) is 5.44. The van der Waals surface area contributed by atoms with Gasteiger partial charge >= 0.3 is 6.03 Å². The van der Waals surface area contributed by atoms with Gasteiger partial charge in [-0.25, -0.2) is 9.78 Å². The lowest BCUT2D eigenvalue weighted by Crippen LogP contribution is -2.57. The molecule has 2 atom stereocenters. The molecule has 5 N–H and O–H groups in total. The summed E-state index contributed by atoms with van der Waals surface area (Å²) in [6.45, 7) is 1.82. The van der Waals surface area contributed by atoms with E-state index < -0.39 is 23.9 Å². The summed E-state index contributed by atoms with van der Waals surface area (Å²) in [4.78, 5) is 46.0. The molecule has 10 heteroatoms. The molecule has 1 fully saturated rings. The number of amides is 4. The minimum Gasteiger partial charge on any atom is -0.378 e. The molecule has 4 amide bonds. The number of carbonyl (C=O) groups is 3. The highest BCUT2D eigenvalue weighted by Crippen LogP contribution is 2.07.